The molecule has 1 aliphatic carbocycles. The lowest BCUT2D eigenvalue weighted by Crippen LogP contribution is -2.36. The fraction of sp³-hybridized carbons (Fsp3) is 0.667. The molecule has 4 nitrogen and oxygen atoms in total. The molecule has 1 unspecified atom stereocenters. The predicted molar refractivity (Wildman–Crippen MR) is 88.4 cm³/mol. The summed E-state index contributed by atoms with van der Waals surface area (Å²) in [5, 5.41) is 0. The van der Waals surface area contributed by atoms with Crippen LogP contribution in [0.3, 0.4) is 0 Å². The maximum absolute atomic E-state index is 6.15. The summed E-state index contributed by atoms with van der Waals surface area (Å²) in [5.41, 5.74) is 8.74. The van der Waals surface area contributed by atoms with Crippen molar-refractivity contribution in [2.75, 3.05) is 20.8 Å². The lowest BCUT2D eigenvalue weighted by atomic mass is 10.0. The van der Waals surface area contributed by atoms with E-state index in [-0.39, 0.29) is 6.04 Å². The van der Waals surface area contributed by atoms with Gasteiger partial charge in [-0.15, -0.1) is 0 Å². The summed E-state index contributed by atoms with van der Waals surface area (Å²) in [7, 11) is 3.44. The van der Waals surface area contributed by atoms with Crippen LogP contribution in [0.5, 0.6) is 11.5 Å². The fourth-order valence-corrected chi connectivity index (χ4v) is 4.15. The van der Waals surface area contributed by atoms with Gasteiger partial charge in [0.2, 0.25) is 0 Å². The van der Waals surface area contributed by atoms with Crippen molar-refractivity contribution in [1.82, 2.24) is 4.90 Å². The van der Waals surface area contributed by atoms with Gasteiger partial charge in [0.05, 0.1) is 20.3 Å². The number of benzene rings is 1. The molecule has 0 radical (unpaired) electrons. The minimum atomic E-state index is 0.277. The van der Waals surface area contributed by atoms with Crippen LogP contribution in [0.25, 0.3) is 0 Å². The Hall–Kier alpha value is -1.26. The van der Waals surface area contributed by atoms with Crippen molar-refractivity contribution < 1.29 is 9.47 Å². The first kappa shape index (κ1) is 15.6. The molecule has 0 saturated heterocycles. The smallest absolute Gasteiger partial charge is 0.127 e. The Bertz CT molecular complexity index is 510. The monoisotopic (exact) mass is 304 g/mol. The van der Waals surface area contributed by atoms with Gasteiger partial charge in [-0.1, -0.05) is 25.7 Å². The molecule has 1 fully saturated rings. The van der Waals surface area contributed by atoms with Gasteiger partial charge in [0.1, 0.15) is 11.5 Å². The average Bonchev–Trinajstić information content (AvgIpc) is 2.73. The molecular formula is C18H28N2O2. The van der Waals surface area contributed by atoms with Crippen LogP contribution >= 0.6 is 0 Å². The van der Waals surface area contributed by atoms with Gasteiger partial charge in [0.25, 0.3) is 0 Å². The zero-order valence-corrected chi connectivity index (χ0v) is 13.8. The summed E-state index contributed by atoms with van der Waals surface area (Å²) in [6.07, 6.45) is 8.03. The summed E-state index contributed by atoms with van der Waals surface area (Å²) in [6, 6.07) is 5.06. The Kier molecular flexibility index (Phi) is 4.89. The van der Waals surface area contributed by atoms with E-state index in [2.05, 4.69) is 11.0 Å². The Morgan fingerprint density at radius 1 is 1.09 bits per heavy atom. The highest BCUT2D eigenvalue weighted by Crippen LogP contribution is 2.44. The van der Waals surface area contributed by atoms with Crippen molar-refractivity contribution in [2.24, 2.45) is 5.73 Å². The average molecular weight is 304 g/mol. The highest BCUT2D eigenvalue weighted by atomic mass is 16.5. The summed E-state index contributed by atoms with van der Waals surface area (Å²) >= 11 is 0. The van der Waals surface area contributed by atoms with Crippen molar-refractivity contribution in [3.8, 4) is 11.5 Å². The molecule has 0 aromatic heterocycles. The molecule has 2 aliphatic rings. The number of rotatable bonds is 4. The number of methoxy groups -OCH3 is 2. The SMILES string of the molecule is COc1cc2c(c(OC)c1)C(CN)N(C1CCCCCC1)C2. The molecule has 2 N–H and O–H groups in total. The summed E-state index contributed by atoms with van der Waals surface area (Å²) in [6.45, 7) is 1.61. The molecule has 4 heteroatoms. The summed E-state index contributed by atoms with van der Waals surface area (Å²) in [4.78, 5) is 2.61. The minimum Gasteiger partial charge on any atom is -0.497 e. The zero-order valence-electron chi connectivity index (χ0n) is 13.8. The van der Waals surface area contributed by atoms with E-state index in [1.807, 2.05) is 6.07 Å². The van der Waals surface area contributed by atoms with Gasteiger partial charge >= 0.3 is 0 Å². The van der Waals surface area contributed by atoms with Crippen LogP contribution in [0.15, 0.2) is 12.1 Å². The highest BCUT2D eigenvalue weighted by molar-refractivity contribution is 5.51. The van der Waals surface area contributed by atoms with Crippen LogP contribution in [0.4, 0.5) is 0 Å². The van der Waals surface area contributed by atoms with Gasteiger partial charge in [-0.05, 0) is 24.5 Å². The lowest BCUT2D eigenvalue weighted by molar-refractivity contribution is 0.134. The van der Waals surface area contributed by atoms with E-state index in [0.29, 0.717) is 12.6 Å². The van der Waals surface area contributed by atoms with E-state index < -0.39 is 0 Å². The van der Waals surface area contributed by atoms with E-state index in [4.69, 9.17) is 15.2 Å². The molecule has 0 amide bonds. The zero-order chi connectivity index (χ0) is 15.5. The Morgan fingerprint density at radius 3 is 2.41 bits per heavy atom. The minimum absolute atomic E-state index is 0.277. The first-order valence-corrected chi connectivity index (χ1v) is 8.49. The molecule has 0 spiro atoms. The molecule has 3 rings (SSSR count). The third kappa shape index (κ3) is 2.82. The highest BCUT2D eigenvalue weighted by Gasteiger charge is 2.36. The van der Waals surface area contributed by atoms with E-state index in [1.165, 1.54) is 49.7 Å². The quantitative estimate of drug-likeness (QED) is 0.868. The summed E-state index contributed by atoms with van der Waals surface area (Å²) in [5.74, 6) is 1.79. The largest absolute Gasteiger partial charge is 0.497 e. The first-order chi connectivity index (χ1) is 10.8. The third-order valence-electron chi connectivity index (χ3n) is 5.26. The number of ether oxygens (including phenoxy) is 2. The van der Waals surface area contributed by atoms with Crippen molar-refractivity contribution in [2.45, 2.75) is 57.2 Å². The van der Waals surface area contributed by atoms with Gasteiger partial charge in [0.15, 0.2) is 0 Å². The second-order valence-corrected chi connectivity index (χ2v) is 6.47. The lowest BCUT2D eigenvalue weighted by Gasteiger charge is -2.32. The molecule has 1 heterocycles. The van der Waals surface area contributed by atoms with Gasteiger partial charge in [-0.25, -0.2) is 0 Å². The maximum atomic E-state index is 6.15. The van der Waals surface area contributed by atoms with Crippen LogP contribution in [0, 0.1) is 0 Å². The van der Waals surface area contributed by atoms with E-state index in [0.717, 1.165) is 18.0 Å². The number of nitrogens with two attached hydrogens (primary N) is 1. The topological polar surface area (TPSA) is 47.7 Å². The molecule has 1 aliphatic heterocycles. The van der Waals surface area contributed by atoms with Crippen LogP contribution < -0.4 is 15.2 Å². The van der Waals surface area contributed by atoms with E-state index in [1.54, 1.807) is 14.2 Å². The molecule has 122 valence electrons. The van der Waals surface area contributed by atoms with Gasteiger partial charge in [-0.3, -0.25) is 4.90 Å². The maximum Gasteiger partial charge on any atom is 0.127 e. The Balaban J connectivity index is 1.92. The number of fused-ring (bicyclic) bond motifs is 1. The fourth-order valence-electron chi connectivity index (χ4n) is 4.15. The molecule has 1 saturated carbocycles. The molecule has 1 atom stereocenters. The molecule has 22 heavy (non-hydrogen) atoms. The number of hydrogen-bond donors (Lipinski definition) is 1. The standard InChI is InChI=1S/C18H28N2O2/c1-21-15-9-13-12-20(14-7-5-3-4-6-8-14)16(11-19)18(13)17(10-15)22-2/h9-10,14,16H,3-8,11-12,19H2,1-2H3. The third-order valence-corrected chi connectivity index (χ3v) is 5.26. The number of nitrogens with zero attached hydrogens (tertiary/aromatic N) is 1. The molecular weight excluding hydrogens is 276 g/mol. The van der Waals surface area contributed by atoms with Crippen LogP contribution in [-0.2, 0) is 6.54 Å². The van der Waals surface area contributed by atoms with Crippen LogP contribution in [0.2, 0.25) is 0 Å². The second-order valence-electron chi connectivity index (χ2n) is 6.47. The van der Waals surface area contributed by atoms with Crippen molar-refractivity contribution in [1.29, 1.82) is 0 Å². The van der Waals surface area contributed by atoms with Gasteiger partial charge < -0.3 is 15.2 Å². The molecule has 0 bridgehead atoms. The summed E-state index contributed by atoms with van der Waals surface area (Å²) < 4.78 is 11.1. The predicted octanol–water partition coefficient (Wildman–Crippen LogP) is 3.24. The molecule has 1 aromatic rings. The van der Waals surface area contributed by atoms with Crippen LogP contribution in [0.1, 0.15) is 55.7 Å². The van der Waals surface area contributed by atoms with Crippen LogP contribution in [-0.4, -0.2) is 31.7 Å². The number of hydrogen-bond acceptors (Lipinski definition) is 4. The normalized spacial score (nSPS) is 23.1. The van der Waals surface area contributed by atoms with E-state index >= 15 is 0 Å². The first-order valence-electron chi connectivity index (χ1n) is 8.49. The van der Waals surface area contributed by atoms with Crippen molar-refractivity contribution in [3.05, 3.63) is 23.3 Å². The van der Waals surface area contributed by atoms with E-state index in [9.17, 15) is 0 Å². The Morgan fingerprint density at radius 2 is 1.82 bits per heavy atom. The van der Waals surface area contributed by atoms with Gasteiger partial charge in [-0.2, -0.15) is 0 Å². The molecule has 1 aromatic carbocycles. The Labute approximate surface area is 133 Å². The van der Waals surface area contributed by atoms with Gasteiger partial charge in [0, 0.05) is 30.8 Å². The van der Waals surface area contributed by atoms with Crippen molar-refractivity contribution in [3.63, 3.8) is 0 Å². The second kappa shape index (κ2) is 6.88. The van der Waals surface area contributed by atoms with Crippen molar-refractivity contribution >= 4 is 0 Å².